The Hall–Kier alpha value is -4.32. The second-order valence-electron chi connectivity index (χ2n) is 10.7. The molecule has 234 valence electrons. The molecule has 0 radical (unpaired) electrons. The first-order chi connectivity index (χ1) is 20.7. The monoisotopic (exact) mass is 629 g/mol. The lowest BCUT2D eigenvalue weighted by Gasteiger charge is -2.15. The molecule has 0 aliphatic rings. The van der Waals surface area contributed by atoms with Crippen LogP contribution in [0.3, 0.4) is 0 Å². The number of aromatic nitrogens is 1. The molecule has 1 heterocycles. The Balaban J connectivity index is 1.57. The minimum Gasteiger partial charge on any atom is -0.496 e. The van der Waals surface area contributed by atoms with Gasteiger partial charge in [-0.1, -0.05) is 31.2 Å². The molecule has 0 spiro atoms. The molecule has 4 rings (SSSR count). The highest BCUT2D eigenvalue weighted by molar-refractivity contribution is 7.90. The first kappa shape index (κ1) is 32.6. The van der Waals surface area contributed by atoms with Crippen LogP contribution in [0.2, 0.25) is 0 Å². The van der Waals surface area contributed by atoms with Gasteiger partial charge >= 0.3 is 6.18 Å². The number of ether oxygens (including phenoxy) is 1. The van der Waals surface area contributed by atoms with Gasteiger partial charge < -0.3 is 14.6 Å². The fraction of sp³-hybridized carbons (Fsp3) is 0.312. The molecule has 3 aromatic carbocycles. The number of carbonyl (C=O) groups excluding carboxylic acids is 2. The fourth-order valence-electron chi connectivity index (χ4n) is 5.08. The van der Waals surface area contributed by atoms with Gasteiger partial charge in [-0.3, -0.25) is 9.59 Å². The maximum absolute atomic E-state index is 12.9. The number of amides is 2. The number of rotatable bonds is 11. The topological polar surface area (TPSA) is 106 Å². The molecule has 2 N–H and O–H groups in total. The zero-order chi connectivity index (χ0) is 32.2. The minimum absolute atomic E-state index is 0.00752. The van der Waals surface area contributed by atoms with E-state index in [4.69, 9.17) is 4.74 Å². The van der Waals surface area contributed by atoms with Crippen LogP contribution in [0.5, 0.6) is 5.75 Å². The van der Waals surface area contributed by atoms with E-state index < -0.39 is 40.4 Å². The summed E-state index contributed by atoms with van der Waals surface area (Å²) in [5.41, 5.74) is 3.37. The average molecular weight is 630 g/mol. The van der Waals surface area contributed by atoms with Gasteiger partial charge in [0, 0.05) is 54.2 Å². The van der Waals surface area contributed by atoms with Gasteiger partial charge in [-0.05, 0) is 72.9 Å². The number of aryl methyl sites for hydroxylation is 2. The Kier molecular flexibility index (Phi) is 9.72. The average Bonchev–Trinajstić information content (AvgIpc) is 3.31. The van der Waals surface area contributed by atoms with Crippen LogP contribution in [-0.2, 0) is 23.0 Å². The molecule has 0 unspecified atom stereocenters. The highest BCUT2D eigenvalue weighted by Crippen LogP contribution is 2.30. The molecule has 0 saturated heterocycles. The van der Waals surface area contributed by atoms with E-state index in [0.717, 1.165) is 22.0 Å². The first-order valence-electron chi connectivity index (χ1n) is 14.0. The van der Waals surface area contributed by atoms with Gasteiger partial charge in [0.2, 0.25) is 0 Å². The molecular weight excluding hydrogens is 595 g/mol. The Morgan fingerprint density at radius 2 is 1.66 bits per heavy atom. The molecular formula is C32H34F3N3O5S. The number of alkyl halides is 3. The predicted molar refractivity (Wildman–Crippen MR) is 161 cm³/mol. The summed E-state index contributed by atoms with van der Waals surface area (Å²) in [6.45, 7) is 5.60. The van der Waals surface area contributed by atoms with Crippen molar-refractivity contribution in [1.29, 1.82) is 0 Å². The molecule has 44 heavy (non-hydrogen) atoms. The third-order valence-corrected chi connectivity index (χ3v) is 8.79. The summed E-state index contributed by atoms with van der Waals surface area (Å²) >= 11 is 0. The Morgan fingerprint density at radius 3 is 2.32 bits per heavy atom. The first-order valence-corrected chi connectivity index (χ1v) is 15.5. The molecule has 1 aromatic heterocycles. The number of nitrogens with one attached hydrogen (secondary N) is 2. The van der Waals surface area contributed by atoms with Gasteiger partial charge in [-0.15, -0.1) is 0 Å². The Bertz CT molecular complexity index is 1800. The molecule has 4 aromatic rings. The molecule has 0 saturated carbocycles. The van der Waals surface area contributed by atoms with E-state index in [9.17, 15) is 31.2 Å². The maximum atomic E-state index is 12.9. The van der Waals surface area contributed by atoms with Crippen LogP contribution < -0.4 is 14.8 Å². The van der Waals surface area contributed by atoms with Crippen molar-refractivity contribution in [2.75, 3.05) is 13.7 Å². The number of nitrogens with zero attached hydrogens (tertiary/aromatic N) is 1. The molecule has 8 nitrogen and oxygen atoms in total. The van der Waals surface area contributed by atoms with Crippen LogP contribution in [-0.4, -0.2) is 44.6 Å². The molecule has 0 aliphatic carbocycles. The van der Waals surface area contributed by atoms with Gasteiger partial charge in [0.15, 0.2) is 0 Å². The van der Waals surface area contributed by atoms with Crippen LogP contribution in [0.15, 0.2) is 71.8 Å². The van der Waals surface area contributed by atoms with Crippen LogP contribution in [0.25, 0.3) is 10.9 Å². The minimum atomic E-state index is -4.30. The number of sulfonamides is 1. The van der Waals surface area contributed by atoms with Crippen molar-refractivity contribution in [3.05, 3.63) is 94.7 Å². The number of fused-ring (bicyclic) bond motifs is 1. The van der Waals surface area contributed by atoms with Crippen molar-refractivity contribution >= 4 is 32.7 Å². The lowest BCUT2D eigenvalue weighted by atomic mass is 10.0. The summed E-state index contributed by atoms with van der Waals surface area (Å²) in [5.74, 6) is -1.67. The third-order valence-electron chi connectivity index (χ3n) is 7.30. The number of methoxy groups -OCH3 is 1. The third kappa shape index (κ3) is 7.60. The standard InChI is InChI=1S/C32H34F3N3O5S/c1-5-38-19-25(26-15-23(12-13-27(26)38)30(39)36-18-20(2)17-32(33,34)35)14-22-10-11-24(16-28(22)43-4)31(40)37-44(41,42)29-9-7-6-8-21(29)3/h6-13,15-16,19-20H,5,14,17-18H2,1-4H3,(H,36,39)(H,37,40)/t20-/m1/s1. The molecule has 12 heteroatoms. The molecule has 1 atom stereocenters. The van der Waals surface area contributed by atoms with Gasteiger partial charge in [0.1, 0.15) is 5.75 Å². The van der Waals surface area contributed by atoms with Crippen LogP contribution in [0.4, 0.5) is 13.2 Å². The lowest BCUT2D eigenvalue weighted by molar-refractivity contribution is -0.142. The van der Waals surface area contributed by atoms with E-state index in [0.29, 0.717) is 29.8 Å². The summed E-state index contributed by atoms with van der Waals surface area (Å²) in [5, 5.41) is 3.38. The van der Waals surface area contributed by atoms with Gasteiger partial charge in [0.05, 0.1) is 12.0 Å². The highest BCUT2D eigenvalue weighted by Gasteiger charge is 2.30. The van der Waals surface area contributed by atoms with Crippen molar-refractivity contribution in [1.82, 2.24) is 14.6 Å². The van der Waals surface area contributed by atoms with E-state index in [1.807, 2.05) is 17.7 Å². The van der Waals surface area contributed by atoms with E-state index in [1.54, 1.807) is 49.4 Å². The van der Waals surface area contributed by atoms with Crippen molar-refractivity contribution in [2.24, 2.45) is 5.92 Å². The normalized spacial score (nSPS) is 12.6. The van der Waals surface area contributed by atoms with Gasteiger partial charge in [0.25, 0.3) is 21.8 Å². The highest BCUT2D eigenvalue weighted by atomic mass is 32.2. The Morgan fingerprint density at radius 1 is 0.977 bits per heavy atom. The summed E-state index contributed by atoms with van der Waals surface area (Å²) in [7, 11) is -2.65. The molecule has 0 fully saturated rings. The molecule has 2 amide bonds. The number of hydrogen-bond donors (Lipinski definition) is 2. The van der Waals surface area contributed by atoms with Gasteiger partial charge in [-0.25, -0.2) is 13.1 Å². The smallest absolute Gasteiger partial charge is 0.389 e. The summed E-state index contributed by atoms with van der Waals surface area (Å²) < 4.78 is 73.4. The van der Waals surface area contributed by atoms with Crippen molar-refractivity contribution in [3.8, 4) is 5.75 Å². The number of halogens is 3. The van der Waals surface area contributed by atoms with Crippen molar-refractivity contribution in [3.63, 3.8) is 0 Å². The molecule has 0 aliphatic heterocycles. The van der Waals surface area contributed by atoms with Crippen LogP contribution >= 0.6 is 0 Å². The lowest BCUT2D eigenvalue weighted by Crippen LogP contribution is -2.31. The second kappa shape index (κ2) is 13.1. The zero-order valence-electron chi connectivity index (χ0n) is 24.8. The zero-order valence-corrected chi connectivity index (χ0v) is 25.6. The van der Waals surface area contributed by atoms with Gasteiger partial charge in [-0.2, -0.15) is 13.2 Å². The number of hydrogen-bond acceptors (Lipinski definition) is 5. The van der Waals surface area contributed by atoms with Crippen molar-refractivity contribution < 1.29 is 35.9 Å². The van der Waals surface area contributed by atoms with Crippen LogP contribution in [0.1, 0.15) is 57.7 Å². The summed E-state index contributed by atoms with van der Waals surface area (Å²) in [4.78, 5) is 25.7. The van der Waals surface area contributed by atoms with E-state index in [2.05, 4.69) is 10.0 Å². The van der Waals surface area contributed by atoms with Crippen molar-refractivity contribution in [2.45, 2.75) is 51.2 Å². The van der Waals surface area contributed by atoms with E-state index in [-0.39, 0.29) is 17.0 Å². The van der Waals surface area contributed by atoms with E-state index in [1.165, 1.54) is 32.2 Å². The quantitative estimate of drug-likeness (QED) is 0.212. The second-order valence-corrected chi connectivity index (χ2v) is 12.4. The largest absolute Gasteiger partial charge is 0.496 e. The maximum Gasteiger partial charge on any atom is 0.389 e. The number of benzene rings is 3. The Labute approximate surface area is 254 Å². The van der Waals surface area contributed by atoms with Crippen LogP contribution in [0, 0.1) is 12.8 Å². The SMILES string of the molecule is CCn1cc(Cc2ccc(C(=O)NS(=O)(=O)c3ccccc3C)cc2OC)c2cc(C(=O)NC[C@H](C)CC(F)(F)F)ccc21. The van der Waals surface area contributed by atoms with E-state index >= 15 is 0 Å². The molecule has 0 bridgehead atoms. The summed E-state index contributed by atoms with van der Waals surface area (Å²) in [6.07, 6.45) is -2.97. The predicted octanol–water partition coefficient (Wildman–Crippen LogP) is 6.01. The number of carbonyl (C=O) groups is 2. The fourth-order valence-corrected chi connectivity index (χ4v) is 6.30. The summed E-state index contributed by atoms with van der Waals surface area (Å²) in [6, 6.07) is 16.2.